The summed E-state index contributed by atoms with van der Waals surface area (Å²) in [6.45, 7) is 6.15. The lowest BCUT2D eigenvalue weighted by Gasteiger charge is -2.03. The minimum absolute atomic E-state index is 0.443. The lowest BCUT2D eigenvalue weighted by molar-refractivity contribution is 0.594. The summed E-state index contributed by atoms with van der Waals surface area (Å²) >= 11 is 0. The molecule has 2 rings (SSSR count). The smallest absolute Gasteiger partial charge is 0.0112 e. The van der Waals surface area contributed by atoms with Crippen molar-refractivity contribution in [1.29, 1.82) is 0 Å². The zero-order chi connectivity index (χ0) is 11.4. The Morgan fingerprint density at radius 2 is 2.12 bits per heavy atom. The summed E-state index contributed by atoms with van der Waals surface area (Å²) in [6, 6.07) is 10.5. The zero-order valence-corrected chi connectivity index (χ0v) is 10.0. The Labute approximate surface area is 98.7 Å². The van der Waals surface area contributed by atoms with E-state index in [9.17, 15) is 0 Å². The van der Waals surface area contributed by atoms with Crippen molar-refractivity contribution in [1.82, 2.24) is 0 Å². The van der Waals surface area contributed by atoms with Crippen LogP contribution in [-0.2, 0) is 0 Å². The van der Waals surface area contributed by atoms with Crippen LogP contribution in [-0.4, -0.2) is 0 Å². The Hall–Kier alpha value is -1.30. The van der Waals surface area contributed by atoms with Gasteiger partial charge in [-0.15, -0.1) is 6.58 Å². The van der Waals surface area contributed by atoms with Gasteiger partial charge in [-0.25, -0.2) is 0 Å². The largest absolute Gasteiger partial charge is 0.103 e. The second-order valence-electron chi connectivity index (χ2n) is 5.02. The van der Waals surface area contributed by atoms with Gasteiger partial charge >= 0.3 is 0 Å². The van der Waals surface area contributed by atoms with Gasteiger partial charge < -0.3 is 0 Å². The van der Waals surface area contributed by atoms with Crippen LogP contribution in [0.1, 0.15) is 31.7 Å². The molecule has 0 nitrogen and oxygen atoms in total. The maximum absolute atomic E-state index is 3.78. The molecule has 0 unspecified atom stereocenters. The summed E-state index contributed by atoms with van der Waals surface area (Å²) in [7, 11) is 0. The quantitative estimate of drug-likeness (QED) is 0.621. The highest BCUT2D eigenvalue weighted by atomic mass is 14.5. The van der Waals surface area contributed by atoms with Crippen molar-refractivity contribution in [2.24, 2.45) is 11.3 Å². The highest BCUT2D eigenvalue weighted by molar-refractivity contribution is 5.50. The van der Waals surface area contributed by atoms with Crippen LogP contribution in [0.2, 0.25) is 0 Å². The summed E-state index contributed by atoms with van der Waals surface area (Å²) < 4.78 is 0. The van der Waals surface area contributed by atoms with Crippen molar-refractivity contribution in [2.75, 3.05) is 0 Å². The van der Waals surface area contributed by atoms with Gasteiger partial charge in [0.15, 0.2) is 0 Å². The highest BCUT2D eigenvalue weighted by Gasteiger charge is 2.46. The molecule has 1 saturated carbocycles. The van der Waals surface area contributed by atoms with E-state index in [4.69, 9.17) is 0 Å². The van der Waals surface area contributed by atoms with Crippen LogP contribution in [0.15, 0.2) is 49.1 Å². The molecule has 0 radical (unpaired) electrons. The Bertz CT molecular complexity index is 374. The molecule has 0 N–H and O–H groups in total. The van der Waals surface area contributed by atoms with E-state index in [2.05, 4.69) is 56.0 Å². The summed E-state index contributed by atoms with van der Waals surface area (Å²) in [5.74, 6) is 0.866. The highest BCUT2D eigenvalue weighted by Crippen LogP contribution is 2.56. The summed E-state index contributed by atoms with van der Waals surface area (Å²) in [5, 5.41) is 0. The normalized spacial score (nSPS) is 28.2. The third-order valence-corrected chi connectivity index (χ3v) is 3.63. The van der Waals surface area contributed by atoms with Crippen molar-refractivity contribution in [2.45, 2.75) is 26.2 Å². The summed E-state index contributed by atoms with van der Waals surface area (Å²) in [5.41, 5.74) is 1.75. The van der Waals surface area contributed by atoms with Crippen LogP contribution in [0.4, 0.5) is 0 Å². The predicted molar refractivity (Wildman–Crippen MR) is 71.1 cm³/mol. The maximum Gasteiger partial charge on any atom is -0.0112 e. The third kappa shape index (κ3) is 2.63. The second kappa shape index (κ2) is 4.69. The molecule has 2 atom stereocenters. The molecule has 0 saturated heterocycles. The maximum atomic E-state index is 3.78. The van der Waals surface area contributed by atoms with E-state index < -0.39 is 0 Å². The first-order valence-electron chi connectivity index (χ1n) is 6.10. The van der Waals surface area contributed by atoms with E-state index in [0.29, 0.717) is 5.41 Å². The van der Waals surface area contributed by atoms with Crippen LogP contribution in [0, 0.1) is 11.3 Å². The zero-order valence-electron chi connectivity index (χ0n) is 10.0. The van der Waals surface area contributed by atoms with Gasteiger partial charge in [-0.3, -0.25) is 0 Å². The minimum Gasteiger partial charge on any atom is -0.103 e. The first-order valence-corrected chi connectivity index (χ1v) is 6.10. The SMILES string of the molecule is C=CCC[C@H]1C[C@]1(C)/C=C/c1ccccc1. The Morgan fingerprint density at radius 3 is 2.81 bits per heavy atom. The molecule has 0 spiro atoms. The topological polar surface area (TPSA) is 0 Å². The van der Waals surface area contributed by atoms with Gasteiger partial charge in [-0.1, -0.05) is 55.5 Å². The number of hydrogen-bond acceptors (Lipinski definition) is 0. The molecule has 1 aliphatic rings. The van der Waals surface area contributed by atoms with Gasteiger partial charge in [0.25, 0.3) is 0 Å². The molecule has 0 amide bonds. The molecular formula is C16H20. The van der Waals surface area contributed by atoms with E-state index in [1.807, 2.05) is 6.08 Å². The van der Waals surface area contributed by atoms with Crippen LogP contribution >= 0.6 is 0 Å². The van der Waals surface area contributed by atoms with E-state index in [-0.39, 0.29) is 0 Å². The molecule has 1 aliphatic carbocycles. The standard InChI is InChI=1S/C16H20/c1-3-4-10-15-13-16(15,2)12-11-14-8-6-5-7-9-14/h3,5-9,11-12,15H,1,4,10,13H2,2H3/b12-11+/t15-,16-/m0/s1. The van der Waals surface area contributed by atoms with Crippen LogP contribution in [0.3, 0.4) is 0 Å². The van der Waals surface area contributed by atoms with Gasteiger partial charge in [0.1, 0.15) is 0 Å². The average Bonchev–Trinajstić information content (AvgIpc) is 2.97. The molecule has 1 aromatic rings. The van der Waals surface area contributed by atoms with Gasteiger partial charge in [0, 0.05) is 0 Å². The predicted octanol–water partition coefficient (Wildman–Crippen LogP) is 4.69. The Morgan fingerprint density at radius 1 is 1.38 bits per heavy atom. The Kier molecular flexibility index (Phi) is 3.28. The molecule has 84 valence electrons. The van der Waals surface area contributed by atoms with E-state index >= 15 is 0 Å². The van der Waals surface area contributed by atoms with Gasteiger partial charge in [-0.05, 0) is 36.2 Å². The molecular weight excluding hydrogens is 192 g/mol. The van der Waals surface area contributed by atoms with Crippen molar-refractivity contribution in [3.63, 3.8) is 0 Å². The monoisotopic (exact) mass is 212 g/mol. The van der Waals surface area contributed by atoms with Crippen molar-refractivity contribution in [3.05, 3.63) is 54.6 Å². The number of allylic oxidation sites excluding steroid dienone is 2. The molecule has 16 heavy (non-hydrogen) atoms. The van der Waals surface area contributed by atoms with Crippen molar-refractivity contribution < 1.29 is 0 Å². The van der Waals surface area contributed by atoms with Crippen LogP contribution in [0.5, 0.6) is 0 Å². The molecule has 0 aromatic heterocycles. The third-order valence-electron chi connectivity index (χ3n) is 3.63. The Balaban J connectivity index is 1.91. The number of hydrogen-bond donors (Lipinski definition) is 0. The fourth-order valence-electron chi connectivity index (χ4n) is 2.28. The lowest BCUT2D eigenvalue weighted by atomic mass is 10.0. The minimum atomic E-state index is 0.443. The van der Waals surface area contributed by atoms with Crippen LogP contribution in [0.25, 0.3) is 6.08 Å². The fraction of sp³-hybridized carbons (Fsp3) is 0.375. The first-order chi connectivity index (χ1) is 7.74. The molecule has 0 heterocycles. The van der Waals surface area contributed by atoms with E-state index in [0.717, 1.165) is 12.3 Å². The lowest BCUT2D eigenvalue weighted by Crippen LogP contribution is -1.92. The van der Waals surface area contributed by atoms with Gasteiger partial charge in [-0.2, -0.15) is 0 Å². The molecule has 1 fully saturated rings. The average molecular weight is 212 g/mol. The molecule has 0 aliphatic heterocycles. The molecule has 0 bridgehead atoms. The van der Waals surface area contributed by atoms with E-state index in [1.54, 1.807) is 0 Å². The summed E-state index contributed by atoms with van der Waals surface area (Å²) in [6.07, 6.45) is 10.5. The van der Waals surface area contributed by atoms with Crippen LogP contribution < -0.4 is 0 Å². The van der Waals surface area contributed by atoms with E-state index in [1.165, 1.54) is 18.4 Å². The van der Waals surface area contributed by atoms with Gasteiger partial charge in [0.05, 0.1) is 0 Å². The van der Waals surface area contributed by atoms with Gasteiger partial charge in [0.2, 0.25) is 0 Å². The van der Waals surface area contributed by atoms with Crippen molar-refractivity contribution >= 4 is 6.08 Å². The van der Waals surface area contributed by atoms with Crippen molar-refractivity contribution in [3.8, 4) is 0 Å². The fourth-order valence-corrected chi connectivity index (χ4v) is 2.28. The number of rotatable bonds is 5. The molecule has 0 heteroatoms. The number of benzene rings is 1. The summed E-state index contributed by atoms with van der Waals surface area (Å²) in [4.78, 5) is 0. The second-order valence-corrected chi connectivity index (χ2v) is 5.02. The first kappa shape index (κ1) is 11.2. The molecule has 1 aromatic carbocycles.